The van der Waals surface area contributed by atoms with Crippen LogP contribution in [0.5, 0.6) is 0 Å². The molecule has 0 spiro atoms. The van der Waals surface area contributed by atoms with Crippen LogP contribution in [0.15, 0.2) is 55.0 Å². The molecule has 0 aliphatic heterocycles. The average molecular weight is 222 g/mol. The van der Waals surface area contributed by atoms with Crippen molar-refractivity contribution in [1.82, 2.24) is 20.2 Å². The molecule has 0 radical (unpaired) electrons. The first-order valence-electron chi connectivity index (χ1n) is 5.31. The molecule has 4 nitrogen and oxygen atoms in total. The van der Waals surface area contributed by atoms with E-state index in [9.17, 15) is 0 Å². The predicted molar refractivity (Wildman–Crippen MR) is 65.0 cm³/mol. The molecule has 0 amide bonds. The second kappa shape index (κ2) is 4.17. The fourth-order valence-corrected chi connectivity index (χ4v) is 1.72. The van der Waals surface area contributed by atoms with Gasteiger partial charge in [0.25, 0.3) is 0 Å². The highest BCUT2D eigenvalue weighted by Crippen LogP contribution is 2.27. The highest BCUT2D eigenvalue weighted by Gasteiger charge is 2.10. The maximum absolute atomic E-state index is 4.23. The molecular formula is C13H10N4. The minimum atomic E-state index is 0.656. The third kappa shape index (κ3) is 1.80. The van der Waals surface area contributed by atoms with E-state index < -0.39 is 0 Å². The quantitative estimate of drug-likeness (QED) is 0.724. The predicted octanol–water partition coefficient (Wildman–Crippen LogP) is 2.53. The van der Waals surface area contributed by atoms with Crippen LogP contribution in [-0.2, 0) is 0 Å². The molecule has 0 bridgehead atoms. The lowest BCUT2D eigenvalue weighted by molar-refractivity contribution is 1.06. The van der Waals surface area contributed by atoms with Gasteiger partial charge < -0.3 is 0 Å². The molecule has 4 heteroatoms. The molecule has 3 aromatic rings. The number of benzene rings is 1. The largest absolute Gasteiger partial charge is 0.274 e. The number of H-pyrrole nitrogens is 1. The highest BCUT2D eigenvalue weighted by atomic mass is 15.1. The van der Waals surface area contributed by atoms with Gasteiger partial charge in [-0.1, -0.05) is 30.3 Å². The number of nitrogens with one attached hydrogen (secondary N) is 1. The van der Waals surface area contributed by atoms with Gasteiger partial charge in [0, 0.05) is 18.0 Å². The molecule has 0 unspecified atom stereocenters. The summed E-state index contributed by atoms with van der Waals surface area (Å²) in [6.07, 6.45) is 5.23. The van der Waals surface area contributed by atoms with Crippen molar-refractivity contribution in [3.05, 3.63) is 55.0 Å². The van der Waals surface area contributed by atoms with Gasteiger partial charge in [-0.3, -0.25) is 5.10 Å². The molecular weight excluding hydrogens is 212 g/mol. The second-order valence-corrected chi connectivity index (χ2v) is 3.60. The van der Waals surface area contributed by atoms with Crippen molar-refractivity contribution in [2.75, 3.05) is 0 Å². The van der Waals surface area contributed by atoms with Crippen LogP contribution < -0.4 is 0 Å². The van der Waals surface area contributed by atoms with E-state index in [0.717, 1.165) is 16.8 Å². The van der Waals surface area contributed by atoms with E-state index >= 15 is 0 Å². The summed E-state index contributed by atoms with van der Waals surface area (Å²) in [4.78, 5) is 8.45. The minimum absolute atomic E-state index is 0.656. The number of aromatic amines is 1. The zero-order chi connectivity index (χ0) is 11.5. The van der Waals surface area contributed by atoms with Gasteiger partial charge in [0.05, 0.1) is 6.20 Å². The lowest BCUT2D eigenvalue weighted by Gasteiger charge is -2.01. The third-order valence-electron chi connectivity index (χ3n) is 2.51. The van der Waals surface area contributed by atoms with Crippen molar-refractivity contribution >= 4 is 0 Å². The first kappa shape index (κ1) is 9.72. The van der Waals surface area contributed by atoms with E-state index in [1.807, 2.05) is 30.3 Å². The van der Waals surface area contributed by atoms with Crippen molar-refractivity contribution in [1.29, 1.82) is 0 Å². The van der Waals surface area contributed by atoms with Crippen molar-refractivity contribution in [3.63, 3.8) is 0 Å². The van der Waals surface area contributed by atoms with Gasteiger partial charge in [0.1, 0.15) is 5.69 Å². The fraction of sp³-hybridized carbons (Fsp3) is 0. The summed E-state index contributed by atoms with van der Waals surface area (Å²) in [5.74, 6) is 0.656. The fourth-order valence-electron chi connectivity index (χ4n) is 1.72. The van der Waals surface area contributed by atoms with Crippen molar-refractivity contribution in [3.8, 4) is 22.6 Å². The Morgan fingerprint density at radius 2 is 1.65 bits per heavy atom. The number of rotatable bonds is 2. The molecule has 1 aromatic carbocycles. The van der Waals surface area contributed by atoms with E-state index in [1.54, 1.807) is 24.7 Å². The Hall–Kier alpha value is -2.49. The summed E-state index contributed by atoms with van der Waals surface area (Å²) < 4.78 is 0. The Bertz CT molecular complexity index is 548. The van der Waals surface area contributed by atoms with Crippen LogP contribution in [0.3, 0.4) is 0 Å². The summed E-state index contributed by atoms with van der Waals surface area (Å²) in [5, 5.41) is 7.02. The van der Waals surface area contributed by atoms with E-state index in [2.05, 4.69) is 20.2 Å². The first-order valence-corrected chi connectivity index (χ1v) is 5.31. The second-order valence-electron chi connectivity index (χ2n) is 3.60. The van der Waals surface area contributed by atoms with Gasteiger partial charge in [0.15, 0.2) is 5.82 Å². The SMILES string of the molecule is c1ccc(-c2cn[nH]c2-c2ncccn2)cc1. The lowest BCUT2D eigenvalue weighted by Crippen LogP contribution is -1.89. The Labute approximate surface area is 98.4 Å². The van der Waals surface area contributed by atoms with Crippen LogP contribution in [0.2, 0.25) is 0 Å². The maximum atomic E-state index is 4.23. The molecule has 2 heterocycles. The normalized spacial score (nSPS) is 10.4. The molecule has 82 valence electrons. The minimum Gasteiger partial charge on any atom is -0.274 e. The third-order valence-corrected chi connectivity index (χ3v) is 2.51. The Kier molecular flexibility index (Phi) is 2.38. The van der Waals surface area contributed by atoms with Crippen molar-refractivity contribution < 1.29 is 0 Å². The highest BCUT2D eigenvalue weighted by molar-refractivity contribution is 5.76. The molecule has 0 aliphatic carbocycles. The van der Waals surface area contributed by atoms with E-state index in [1.165, 1.54) is 0 Å². The zero-order valence-electron chi connectivity index (χ0n) is 9.04. The Morgan fingerprint density at radius 1 is 0.882 bits per heavy atom. The maximum Gasteiger partial charge on any atom is 0.178 e. The molecule has 0 saturated heterocycles. The van der Waals surface area contributed by atoms with Crippen LogP contribution in [0, 0.1) is 0 Å². The van der Waals surface area contributed by atoms with Gasteiger partial charge in [-0.25, -0.2) is 9.97 Å². The standard InChI is InChI=1S/C13H10N4/c1-2-5-10(6-3-1)11-9-16-17-12(11)13-14-7-4-8-15-13/h1-9H,(H,16,17). The topological polar surface area (TPSA) is 54.5 Å². The van der Waals surface area contributed by atoms with E-state index in [4.69, 9.17) is 0 Å². The molecule has 0 aliphatic rings. The average Bonchev–Trinajstić information content (AvgIpc) is 2.90. The molecule has 17 heavy (non-hydrogen) atoms. The number of hydrogen-bond donors (Lipinski definition) is 1. The summed E-state index contributed by atoms with van der Waals surface area (Å²) >= 11 is 0. The van der Waals surface area contributed by atoms with Gasteiger partial charge in [-0.05, 0) is 11.6 Å². The van der Waals surface area contributed by atoms with Crippen LogP contribution in [0.4, 0.5) is 0 Å². The van der Waals surface area contributed by atoms with Gasteiger partial charge in [-0.15, -0.1) is 0 Å². The number of hydrogen-bond acceptors (Lipinski definition) is 3. The molecule has 0 saturated carbocycles. The Balaban J connectivity index is 2.13. The van der Waals surface area contributed by atoms with Crippen LogP contribution >= 0.6 is 0 Å². The molecule has 2 aromatic heterocycles. The monoisotopic (exact) mass is 222 g/mol. The number of nitrogens with zero attached hydrogens (tertiary/aromatic N) is 3. The first-order chi connectivity index (χ1) is 8.45. The van der Waals surface area contributed by atoms with Gasteiger partial charge in [-0.2, -0.15) is 5.10 Å². The van der Waals surface area contributed by atoms with Crippen LogP contribution in [0.1, 0.15) is 0 Å². The summed E-state index contributed by atoms with van der Waals surface area (Å²) in [7, 11) is 0. The lowest BCUT2D eigenvalue weighted by atomic mass is 10.1. The van der Waals surface area contributed by atoms with Crippen LogP contribution in [-0.4, -0.2) is 20.2 Å². The summed E-state index contributed by atoms with van der Waals surface area (Å²) in [6, 6.07) is 11.9. The Morgan fingerprint density at radius 3 is 2.41 bits per heavy atom. The van der Waals surface area contributed by atoms with Crippen molar-refractivity contribution in [2.24, 2.45) is 0 Å². The van der Waals surface area contributed by atoms with Crippen molar-refractivity contribution in [2.45, 2.75) is 0 Å². The summed E-state index contributed by atoms with van der Waals surface area (Å²) in [5.41, 5.74) is 2.96. The molecule has 3 rings (SSSR count). The zero-order valence-corrected chi connectivity index (χ0v) is 9.04. The molecule has 0 fully saturated rings. The van der Waals surface area contributed by atoms with E-state index in [-0.39, 0.29) is 0 Å². The van der Waals surface area contributed by atoms with Gasteiger partial charge in [0.2, 0.25) is 0 Å². The van der Waals surface area contributed by atoms with Crippen LogP contribution in [0.25, 0.3) is 22.6 Å². The molecule has 0 atom stereocenters. The van der Waals surface area contributed by atoms with Gasteiger partial charge >= 0.3 is 0 Å². The number of aromatic nitrogens is 4. The smallest absolute Gasteiger partial charge is 0.178 e. The molecule has 1 N–H and O–H groups in total. The van der Waals surface area contributed by atoms with E-state index in [0.29, 0.717) is 5.82 Å². The summed E-state index contributed by atoms with van der Waals surface area (Å²) in [6.45, 7) is 0.